The monoisotopic (exact) mass is 290 g/mol. The number of rotatable bonds is 2. The average molecular weight is 290 g/mol. The topological polar surface area (TPSA) is 38.7 Å². The Morgan fingerprint density at radius 3 is 2.40 bits per heavy atom. The SMILES string of the molecule is CC1(C)OB(c2cc(CO)c3sccc3c2)OC1(C)C. The number of fused-ring (bicyclic) bond motifs is 1. The van der Waals surface area contributed by atoms with Gasteiger partial charge in [-0.25, -0.2) is 0 Å². The third kappa shape index (κ3) is 2.09. The third-order valence-electron chi connectivity index (χ3n) is 4.35. The van der Waals surface area contributed by atoms with Crippen molar-refractivity contribution in [1.82, 2.24) is 0 Å². The van der Waals surface area contributed by atoms with Gasteiger partial charge in [-0.2, -0.15) is 0 Å². The van der Waals surface area contributed by atoms with E-state index in [2.05, 4.69) is 12.1 Å². The number of hydrogen-bond acceptors (Lipinski definition) is 4. The minimum absolute atomic E-state index is 0.0321. The molecule has 1 saturated heterocycles. The highest BCUT2D eigenvalue weighted by molar-refractivity contribution is 7.17. The minimum Gasteiger partial charge on any atom is -0.399 e. The summed E-state index contributed by atoms with van der Waals surface area (Å²) < 4.78 is 13.3. The van der Waals surface area contributed by atoms with Gasteiger partial charge in [-0.15, -0.1) is 11.3 Å². The van der Waals surface area contributed by atoms with Crippen LogP contribution in [0, 0.1) is 0 Å². The fourth-order valence-electron chi connectivity index (χ4n) is 2.41. The van der Waals surface area contributed by atoms with Crippen LogP contribution in [0.4, 0.5) is 0 Å². The van der Waals surface area contributed by atoms with Gasteiger partial charge in [0.1, 0.15) is 0 Å². The lowest BCUT2D eigenvalue weighted by Gasteiger charge is -2.32. The number of aliphatic hydroxyl groups is 1. The maximum atomic E-state index is 9.55. The van der Waals surface area contributed by atoms with Crippen molar-refractivity contribution in [3.63, 3.8) is 0 Å². The second-order valence-corrected chi connectivity index (χ2v) is 7.18. The molecule has 1 aromatic heterocycles. The van der Waals surface area contributed by atoms with E-state index >= 15 is 0 Å². The Kier molecular flexibility index (Phi) is 3.21. The van der Waals surface area contributed by atoms with Crippen LogP contribution < -0.4 is 5.46 Å². The molecule has 1 fully saturated rings. The fraction of sp³-hybridized carbons (Fsp3) is 0.467. The van der Waals surface area contributed by atoms with Crippen LogP contribution >= 0.6 is 11.3 Å². The van der Waals surface area contributed by atoms with E-state index in [1.807, 2.05) is 39.1 Å². The lowest BCUT2D eigenvalue weighted by Crippen LogP contribution is -2.41. The van der Waals surface area contributed by atoms with Crippen LogP contribution in [0.15, 0.2) is 23.6 Å². The Hall–Kier alpha value is -0.875. The molecule has 106 valence electrons. The molecular weight excluding hydrogens is 271 g/mol. The molecule has 0 radical (unpaired) electrons. The highest BCUT2D eigenvalue weighted by atomic mass is 32.1. The van der Waals surface area contributed by atoms with E-state index < -0.39 is 0 Å². The molecule has 1 aliphatic rings. The Morgan fingerprint density at radius 1 is 1.15 bits per heavy atom. The summed E-state index contributed by atoms with van der Waals surface area (Å²) in [5.41, 5.74) is 1.21. The van der Waals surface area contributed by atoms with E-state index in [0.717, 1.165) is 21.1 Å². The van der Waals surface area contributed by atoms with Gasteiger partial charge in [-0.3, -0.25) is 0 Å². The molecule has 0 amide bonds. The van der Waals surface area contributed by atoms with Crippen molar-refractivity contribution >= 4 is 34.0 Å². The second-order valence-electron chi connectivity index (χ2n) is 6.27. The first-order valence-electron chi connectivity index (χ1n) is 6.80. The van der Waals surface area contributed by atoms with Gasteiger partial charge in [-0.05, 0) is 55.6 Å². The van der Waals surface area contributed by atoms with E-state index in [9.17, 15) is 5.11 Å². The molecule has 0 atom stereocenters. The predicted octanol–water partition coefficient (Wildman–Crippen LogP) is 2.69. The molecule has 0 spiro atoms. The van der Waals surface area contributed by atoms with Crippen molar-refractivity contribution in [3.8, 4) is 0 Å². The summed E-state index contributed by atoms with van der Waals surface area (Å²) in [6.45, 7) is 8.21. The first-order valence-corrected chi connectivity index (χ1v) is 7.68. The van der Waals surface area contributed by atoms with Gasteiger partial charge in [0, 0.05) is 4.70 Å². The highest BCUT2D eigenvalue weighted by Gasteiger charge is 2.51. The smallest absolute Gasteiger partial charge is 0.399 e. The van der Waals surface area contributed by atoms with Crippen LogP contribution in [-0.4, -0.2) is 23.4 Å². The fourth-order valence-corrected chi connectivity index (χ4v) is 3.30. The van der Waals surface area contributed by atoms with E-state index in [-0.39, 0.29) is 24.9 Å². The zero-order chi connectivity index (χ0) is 14.5. The summed E-state index contributed by atoms with van der Waals surface area (Å²) in [5.74, 6) is 0. The molecule has 3 nitrogen and oxygen atoms in total. The number of aliphatic hydroxyl groups excluding tert-OH is 1. The van der Waals surface area contributed by atoms with Crippen molar-refractivity contribution < 1.29 is 14.4 Å². The summed E-state index contributed by atoms with van der Waals surface area (Å²) in [7, 11) is -0.380. The summed E-state index contributed by atoms with van der Waals surface area (Å²) in [5, 5.41) is 12.7. The molecule has 1 aromatic carbocycles. The second kappa shape index (κ2) is 4.56. The van der Waals surface area contributed by atoms with Crippen LogP contribution in [0.25, 0.3) is 10.1 Å². The zero-order valence-electron chi connectivity index (χ0n) is 12.3. The molecule has 1 N–H and O–H groups in total. The van der Waals surface area contributed by atoms with E-state index in [1.165, 1.54) is 0 Å². The van der Waals surface area contributed by atoms with E-state index in [0.29, 0.717) is 0 Å². The molecule has 20 heavy (non-hydrogen) atoms. The third-order valence-corrected chi connectivity index (χ3v) is 5.35. The van der Waals surface area contributed by atoms with Crippen LogP contribution in [-0.2, 0) is 15.9 Å². The summed E-state index contributed by atoms with van der Waals surface area (Å²) in [4.78, 5) is 0. The average Bonchev–Trinajstić information content (AvgIpc) is 2.91. The lowest BCUT2D eigenvalue weighted by molar-refractivity contribution is 0.00578. The summed E-state index contributed by atoms with van der Waals surface area (Å²) in [6.07, 6.45) is 0. The molecular formula is C15H19BO3S. The molecule has 3 rings (SSSR count). The Bertz CT molecular complexity index is 632. The maximum absolute atomic E-state index is 9.55. The molecule has 0 bridgehead atoms. The van der Waals surface area contributed by atoms with E-state index in [4.69, 9.17) is 9.31 Å². The highest BCUT2D eigenvalue weighted by Crippen LogP contribution is 2.37. The van der Waals surface area contributed by atoms with Gasteiger partial charge >= 0.3 is 7.12 Å². The largest absolute Gasteiger partial charge is 0.494 e. The Labute approximate surface area is 123 Å². The Morgan fingerprint density at radius 2 is 1.80 bits per heavy atom. The maximum Gasteiger partial charge on any atom is 0.494 e. The van der Waals surface area contributed by atoms with Gasteiger partial charge in [-0.1, -0.05) is 12.1 Å². The van der Waals surface area contributed by atoms with Crippen LogP contribution in [0.3, 0.4) is 0 Å². The molecule has 0 unspecified atom stereocenters. The van der Waals surface area contributed by atoms with Gasteiger partial charge in [0.25, 0.3) is 0 Å². The lowest BCUT2D eigenvalue weighted by atomic mass is 9.78. The van der Waals surface area contributed by atoms with Crippen LogP contribution in [0.1, 0.15) is 33.3 Å². The molecule has 2 aromatic rings. The summed E-state index contributed by atoms with van der Waals surface area (Å²) >= 11 is 1.65. The van der Waals surface area contributed by atoms with Gasteiger partial charge < -0.3 is 14.4 Å². The van der Waals surface area contributed by atoms with Gasteiger partial charge in [0.15, 0.2) is 0 Å². The number of hydrogen-bond donors (Lipinski definition) is 1. The minimum atomic E-state index is -0.380. The van der Waals surface area contributed by atoms with Crippen LogP contribution in [0.2, 0.25) is 0 Å². The number of benzene rings is 1. The molecule has 0 saturated carbocycles. The standard InChI is InChI=1S/C15H19BO3S/c1-14(2)15(3,4)19-16(18-14)12-7-10-5-6-20-13(10)11(8-12)9-17/h5-8,17H,9H2,1-4H3. The van der Waals surface area contributed by atoms with E-state index in [1.54, 1.807) is 11.3 Å². The van der Waals surface area contributed by atoms with Gasteiger partial charge in [0.05, 0.1) is 17.8 Å². The molecule has 1 aliphatic heterocycles. The first-order chi connectivity index (χ1) is 9.34. The van der Waals surface area contributed by atoms with Gasteiger partial charge in [0.2, 0.25) is 0 Å². The quantitative estimate of drug-likeness (QED) is 0.864. The zero-order valence-corrected chi connectivity index (χ0v) is 13.1. The molecule has 2 heterocycles. The predicted molar refractivity (Wildman–Crippen MR) is 83.5 cm³/mol. The van der Waals surface area contributed by atoms with Crippen molar-refractivity contribution in [2.24, 2.45) is 0 Å². The Balaban J connectivity index is 2.03. The van der Waals surface area contributed by atoms with Crippen molar-refractivity contribution in [2.45, 2.75) is 45.5 Å². The van der Waals surface area contributed by atoms with Crippen LogP contribution in [0.5, 0.6) is 0 Å². The van der Waals surface area contributed by atoms with Crippen molar-refractivity contribution in [2.75, 3.05) is 0 Å². The van der Waals surface area contributed by atoms with Crippen molar-refractivity contribution in [3.05, 3.63) is 29.1 Å². The molecule has 0 aliphatic carbocycles. The van der Waals surface area contributed by atoms with Crippen molar-refractivity contribution in [1.29, 1.82) is 0 Å². The normalized spacial score (nSPS) is 20.8. The molecule has 5 heteroatoms. The first kappa shape index (κ1) is 14.1. The summed E-state index contributed by atoms with van der Waals surface area (Å²) in [6, 6.07) is 6.14. The number of thiophene rings is 1.